The lowest BCUT2D eigenvalue weighted by Gasteiger charge is -2.11. The molecule has 3 aromatic rings. The largest absolute Gasteiger partial charge is 0.459 e. The molecule has 0 saturated heterocycles. The number of nitro benzene ring substituents is 1. The molecule has 1 aliphatic rings. The molecule has 28 heavy (non-hydrogen) atoms. The Bertz CT molecular complexity index is 1220. The third-order valence-corrected chi connectivity index (χ3v) is 6.82. The summed E-state index contributed by atoms with van der Waals surface area (Å²) in [6.07, 6.45) is 3.73. The summed E-state index contributed by atoms with van der Waals surface area (Å²) in [5.41, 5.74) is 1.43. The van der Waals surface area contributed by atoms with Crippen molar-refractivity contribution in [3.05, 3.63) is 61.8 Å². The van der Waals surface area contributed by atoms with Crippen molar-refractivity contribution >= 4 is 55.6 Å². The van der Waals surface area contributed by atoms with Gasteiger partial charge in [-0.3, -0.25) is 14.8 Å². The van der Waals surface area contributed by atoms with Gasteiger partial charge in [-0.25, -0.2) is 8.42 Å². The monoisotopic (exact) mass is 440 g/mol. The van der Waals surface area contributed by atoms with Crippen molar-refractivity contribution in [2.75, 3.05) is 4.72 Å². The van der Waals surface area contributed by atoms with Gasteiger partial charge in [-0.1, -0.05) is 23.2 Å². The predicted molar refractivity (Wildman–Crippen MR) is 107 cm³/mol. The summed E-state index contributed by atoms with van der Waals surface area (Å²) in [6, 6.07) is 6.35. The van der Waals surface area contributed by atoms with E-state index in [2.05, 4.69) is 4.72 Å². The Labute approximate surface area is 170 Å². The van der Waals surface area contributed by atoms with Crippen molar-refractivity contribution in [3.8, 4) is 0 Å². The number of benzene rings is 2. The quantitative estimate of drug-likeness (QED) is 0.436. The van der Waals surface area contributed by atoms with Gasteiger partial charge >= 0.3 is 0 Å². The lowest BCUT2D eigenvalue weighted by atomic mass is 9.96. The van der Waals surface area contributed by atoms with Crippen LogP contribution >= 0.6 is 23.2 Å². The number of aryl methyl sites for hydroxylation is 2. The van der Waals surface area contributed by atoms with Crippen molar-refractivity contribution in [2.45, 2.75) is 30.6 Å². The van der Waals surface area contributed by atoms with Crippen LogP contribution in [0.5, 0.6) is 0 Å². The highest BCUT2D eigenvalue weighted by atomic mass is 35.5. The third kappa shape index (κ3) is 3.32. The fourth-order valence-corrected chi connectivity index (χ4v) is 5.22. The van der Waals surface area contributed by atoms with Crippen LogP contribution in [0.3, 0.4) is 0 Å². The van der Waals surface area contributed by atoms with Gasteiger partial charge in [-0.15, -0.1) is 0 Å². The topological polar surface area (TPSA) is 102 Å². The first-order chi connectivity index (χ1) is 13.3. The molecule has 1 aliphatic carbocycles. The standard InChI is InChI=1S/C18H14Cl2N2O5S/c19-14-6-5-11(22(23)24)9-17(14)28(25,26)21-10-7-13-12-3-1-2-4-16(12)27-18(13)15(20)8-10/h5-9,21H,1-4H2. The predicted octanol–water partition coefficient (Wildman–Crippen LogP) is 5.33. The molecule has 1 N–H and O–H groups in total. The molecule has 1 heterocycles. The highest BCUT2D eigenvalue weighted by molar-refractivity contribution is 7.92. The number of halogens is 2. The van der Waals surface area contributed by atoms with E-state index < -0.39 is 14.9 Å². The fraction of sp³-hybridized carbons (Fsp3) is 0.222. The molecule has 146 valence electrons. The van der Waals surface area contributed by atoms with Gasteiger partial charge in [0.1, 0.15) is 10.7 Å². The molecule has 0 saturated carbocycles. The first-order valence-electron chi connectivity index (χ1n) is 8.47. The Balaban J connectivity index is 1.77. The molecule has 10 heteroatoms. The fourth-order valence-electron chi connectivity index (χ4n) is 3.40. The van der Waals surface area contributed by atoms with E-state index in [0.717, 1.165) is 54.5 Å². The van der Waals surface area contributed by atoms with E-state index in [-0.39, 0.29) is 26.3 Å². The number of sulfonamides is 1. The van der Waals surface area contributed by atoms with Crippen LogP contribution in [-0.4, -0.2) is 13.3 Å². The van der Waals surface area contributed by atoms with Gasteiger partial charge in [0.05, 0.1) is 20.7 Å². The molecule has 7 nitrogen and oxygen atoms in total. The summed E-state index contributed by atoms with van der Waals surface area (Å²) in [5.74, 6) is 0.880. The normalized spacial score (nSPS) is 14.1. The number of non-ortho nitro benzene ring substituents is 1. The molecular formula is C18H14Cl2N2O5S. The number of nitro groups is 1. The lowest BCUT2D eigenvalue weighted by molar-refractivity contribution is -0.385. The Morgan fingerprint density at radius 1 is 1.07 bits per heavy atom. The molecule has 0 atom stereocenters. The van der Waals surface area contributed by atoms with Crippen LogP contribution in [0, 0.1) is 10.1 Å². The molecule has 0 amide bonds. The second-order valence-electron chi connectivity index (χ2n) is 6.52. The number of nitrogens with one attached hydrogen (secondary N) is 1. The molecule has 0 fully saturated rings. The van der Waals surface area contributed by atoms with Crippen molar-refractivity contribution in [1.82, 2.24) is 0 Å². The third-order valence-electron chi connectivity index (χ3n) is 4.68. The number of hydrogen-bond donors (Lipinski definition) is 1. The number of nitrogens with zero attached hydrogens (tertiary/aromatic N) is 1. The average Bonchev–Trinajstić information content (AvgIpc) is 3.01. The van der Waals surface area contributed by atoms with Crippen molar-refractivity contribution in [3.63, 3.8) is 0 Å². The van der Waals surface area contributed by atoms with Crippen molar-refractivity contribution < 1.29 is 17.8 Å². The van der Waals surface area contributed by atoms with Crippen LogP contribution in [-0.2, 0) is 22.9 Å². The lowest BCUT2D eigenvalue weighted by Crippen LogP contribution is -2.14. The van der Waals surface area contributed by atoms with Crippen LogP contribution in [0.4, 0.5) is 11.4 Å². The molecule has 0 bridgehead atoms. The molecule has 1 aromatic heterocycles. The number of furan rings is 1. The van der Waals surface area contributed by atoms with Gasteiger partial charge in [0.15, 0.2) is 5.58 Å². The van der Waals surface area contributed by atoms with Crippen LogP contribution in [0.1, 0.15) is 24.2 Å². The summed E-state index contributed by atoms with van der Waals surface area (Å²) >= 11 is 12.3. The van der Waals surface area contributed by atoms with E-state index >= 15 is 0 Å². The minimum Gasteiger partial charge on any atom is -0.459 e. The van der Waals surface area contributed by atoms with Crippen LogP contribution in [0.2, 0.25) is 10.0 Å². The second-order valence-corrected chi connectivity index (χ2v) is 8.99. The Morgan fingerprint density at radius 2 is 1.82 bits per heavy atom. The first kappa shape index (κ1) is 19.0. The minimum atomic E-state index is -4.17. The van der Waals surface area contributed by atoms with Gasteiger partial charge in [0.2, 0.25) is 0 Å². The molecule has 0 aliphatic heterocycles. The van der Waals surface area contributed by atoms with Gasteiger partial charge < -0.3 is 4.42 Å². The number of rotatable bonds is 4. The number of hydrogen-bond acceptors (Lipinski definition) is 5. The summed E-state index contributed by atoms with van der Waals surface area (Å²) in [7, 11) is -4.17. The summed E-state index contributed by atoms with van der Waals surface area (Å²) in [4.78, 5) is 9.90. The van der Waals surface area contributed by atoms with Crippen LogP contribution in [0.15, 0.2) is 39.6 Å². The van der Waals surface area contributed by atoms with Gasteiger partial charge in [0, 0.05) is 29.5 Å². The number of fused-ring (bicyclic) bond motifs is 3. The van der Waals surface area contributed by atoms with E-state index in [1.165, 1.54) is 12.1 Å². The summed E-state index contributed by atoms with van der Waals surface area (Å²) in [6.45, 7) is 0. The van der Waals surface area contributed by atoms with Crippen molar-refractivity contribution in [1.29, 1.82) is 0 Å². The van der Waals surface area contributed by atoms with Crippen LogP contribution in [0.25, 0.3) is 11.0 Å². The van der Waals surface area contributed by atoms with Crippen molar-refractivity contribution in [2.24, 2.45) is 0 Å². The zero-order chi connectivity index (χ0) is 20.1. The maximum absolute atomic E-state index is 12.8. The molecular weight excluding hydrogens is 427 g/mol. The summed E-state index contributed by atoms with van der Waals surface area (Å²) in [5, 5.41) is 11.9. The Morgan fingerprint density at radius 3 is 2.57 bits per heavy atom. The Hall–Kier alpha value is -2.29. The highest BCUT2D eigenvalue weighted by Crippen LogP contribution is 2.38. The van der Waals surface area contributed by atoms with E-state index in [0.29, 0.717) is 5.58 Å². The zero-order valence-electron chi connectivity index (χ0n) is 14.4. The highest BCUT2D eigenvalue weighted by Gasteiger charge is 2.24. The van der Waals surface area contributed by atoms with Gasteiger partial charge in [-0.05, 0) is 37.5 Å². The van der Waals surface area contributed by atoms with Gasteiger partial charge in [-0.2, -0.15) is 0 Å². The Kier molecular flexibility index (Phi) is 4.73. The molecule has 0 unspecified atom stereocenters. The maximum atomic E-state index is 12.8. The maximum Gasteiger partial charge on any atom is 0.270 e. The van der Waals surface area contributed by atoms with E-state index in [1.54, 1.807) is 6.07 Å². The smallest absolute Gasteiger partial charge is 0.270 e. The second kappa shape index (κ2) is 6.95. The van der Waals surface area contributed by atoms with E-state index in [9.17, 15) is 18.5 Å². The zero-order valence-corrected chi connectivity index (χ0v) is 16.7. The van der Waals surface area contributed by atoms with E-state index in [1.807, 2.05) is 0 Å². The van der Waals surface area contributed by atoms with E-state index in [4.69, 9.17) is 27.6 Å². The molecule has 4 rings (SSSR count). The SMILES string of the molecule is O=[N+]([O-])c1ccc(Cl)c(S(=O)(=O)Nc2cc(Cl)c3oc4c(c3c2)CCCC4)c1. The first-order valence-corrected chi connectivity index (χ1v) is 10.7. The molecule has 0 radical (unpaired) electrons. The molecule has 2 aromatic carbocycles. The molecule has 0 spiro atoms. The van der Waals surface area contributed by atoms with Gasteiger partial charge in [0.25, 0.3) is 15.7 Å². The number of anilines is 1. The van der Waals surface area contributed by atoms with Crippen LogP contribution < -0.4 is 4.72 Å². The summed E-state index contributed by atoms with van der Waals surface area (Å²) < 4.78 is 33.8. The average molecular weight is 441 g/mol. The minimum absolute atomic E-state index is 0.119.